The van der Waals surface area contributed by atoms with Gasteiger partial charge < -0.3 is 10.1 Å². The van der Waals surface area contributed by atoms with Crippen LogP contribution in [0.5, 0.6) is 5.75 Å². The largest absolute Gasteiger partial charge is 0.424 e. The molecule has 0 spiro atoms. The number of urea groups is 1. The molecule has 1 atom stereocenters. The molecule has 1 aliphatic heterocycles. The number of amides is 3. The fourth-order valence-corrected chi connectivity index (χ4v) is 3.12. The first kappa shape index (κ1) is 23.3. The molecule has 3 rings (SSSR count). The first-order valence-electron chi connectivity index (χ1n) is 9.62. The van der Waals surface area contributed by atoms with E-state index in [1.807, 2.05) is 13.8 Å². The quantitative estimate of drug-likeness (QED) is 0.558. The minimum absolute atomic E-state index is 0.0239. The van der Waals surface area contributed by atoms with Gasteiger partial charge >= 0.3 is 12.1 Å². The molecule has 3 amide bonds. The molecule has 1 aliphatic rings. The van der Waals surface area contributed by atoms with E-state index in [0.29, 0.717) is 11.3 Å². The van der Waals surface area contributed by atoms with E-state index in [1.165, 1.54) is 31.2 Å². The van der Waals surface area contributed by atoms with Gasteiger partial charge in [0.05, 0.1) is 4.92 Å². The van der Waals surface area contributed by atoms with Crippen LogP contribution in [0.25, 0.3) is 0 Å². The molecule has 1 unspecified atom stereocenters. The van der Waals surface area contributed by atoms with Crippen molar-refractivity contribution in [3.05, 3.63) is 81.5 Å². The number of benzene rings is 2. The Morgan fingerprint density at radius 1 is 1.06 bits per heavy atom. The normalized spacial score (nSPS) is 15.4. The second-order valence-electron chi connectivity index (χ2n) is 6.33. The molecule has 0 radical (unpaired) electrons. The number of ether oxygens (including phenoxy) is 1. The van der Waals surface area contributed by atoms with Gasteiger partial charge in [-0.25, -0.2) is 14.5 Å². The number of rotatable bonds is 4. The molecule has 0 aromatic heterocycles. The lowest BCUT2D eigenvalue weighted by molar-refractivity contribution is -0.384. The molecule has 2 aromatic rings. The Labute approximate surface area is 179 Å². The fourth-order valence-electron chi connectivity index (χ4n) is 3.12. The summed E-state index contributed by atoms with van der Waals surface area (Å²) in [5, 5.41) is 13.3. The smallest absolute Gasteiger partial charge is 0.410 e. The maximum absolute atomic E-state index is 12.8. The predicted octanol–water partition coefficient (Wildman–Crippen LogP) is 4.75. The standard InChI is InChI=1S/C20H17N3O6.C2H6/c1-12-17(13(2)24)18(14-6-4-3-5-7-14)22(19(25)21-12)20(26)29-16-10-8-15(9-11-16)23(27)28;1-2/h3-11,18H,1-2H3,(H,21,25);1-2H3. The van der Waals surface area contributed by atoms with E-state index in [4.69, 9.17) is 4.74 Å². The number of Topliss-reactive ketones (excluding diaryl/α,β-unsaturated/α-hetero) is 1. The van der Waals surface area contributed by atoms with Crippen LogP contribution >= 0.6 is 0 Å². The molecule has 0 saturated carbocycles. The zero-order chi connectivity index (χ0) is 23.1. The summed E-state index contributed by atoms with van der Waals surface area (Å²) in [6, 6.07) is 11.8. The van der Waals surface area contributed by atoms with Gasteiger partial charge in [0.1, 0.15) is 11.8 Å². The van der Waals surface area contributed by atoms with Crippen molar-refractivity contribution in [2.45, 2.75) is 33.7 Å². The number of hydrogen-bond acceptors (Lipinski definition) is 6. The summed E-state index contributed by atoms with van der Waals surface area (Å²) in [6.45, 7) is 6.94. The van der Waals surface area contributed by atoms with Crippen LogP contribution in [0.1, 0.15) is 39.3 Å². The van der Waals surface area contributed by atoms with Gasteiger partial charge in [-0.05, 0) is 31.5 Å². The summed E-state index contributed by atoms with van der Waals surface area (Å²) in [7, 11) is 0. The average Bonchev–Trinajstić information content (AvgIpc) is 2.75. The highest BCUT2D eigenvalue weighted by Gasteiger charge is 2.41. The van der Waals surface area contributed by atoms with Crippen LogP contribution in [-0.4, -0.2) is 27.7 Å². The van der Waals surface area contributed by atoms with Crippen LogP contribution < -0.4 is 10.1 Å². The van der Waals surface area contributed by atoms with Crippen molar-refractivity contribution in [3.63, 3.8) is 0 Å². The summed E-state index contributed by atoms with van der Waals surface area (Å²) in [6.07, 6.45) is -1.02. The molecular formula is C22H23N3O6. The number of nitrogens with one attached hydrogen (secondary N) is 1. The first-order valence-corrected chi connectivity index (χ1v) is 9.62. The second kappa shape index (κ2) is 10.1. The third-order valence-electron chi connectivity index (χ3n) is 4.39. The SMILES string of the molecule is CC.CC(=O)C1=C(C)NC(=O)N(C(=O)Oc2ccc([N+](=O)[O-])cc2)C1c1ccccc1. The van der Waals surface area contributed by atoms with Gasteiger partial charge in [-0.2, -0.15) is 0 Å². The highest BCUT2D eigenvalue weighted by atomic mass is 16.6. The number of carbonyl (C=O) groups is 3. The lowest BCUT2D eigenvalue weighted by atomic mass is 9.92. The molecule has 31 heavy (non-hydrogen) atoms. The molecule has 162 valence electrons. The Morgan fingerprint density at radius 3 is 2.16 bits per heavy atom. The van der Waals surface area contributed by atoms with Gasteiger partial charge in [0.15, 0.2) is 5.78 Å². The Hall–Kier alpha value is -4.01. The summed E-state index contributed by atoms with van der Waals surface area (Å²) >= 11 is 0. The average molecular weight is 425 g/mol. The van der Waals surface area contributed by atoms with E-state index >= 15 is 0 Å². The van der Waals surface area contributed by atoms with Gasteiger partial charge in [-0.1, -0.05) is 44.2 Å². The molecule has 0 bridgehead atoms. The monoisotopic (exact) mass is 425 g/mol. The van der Waals surface area contributed by atoms with Gasteiger partial charge in [0, 0.05) is 23.4 Å². The maximum Gasteiger partial charge on any atom is 0.424 e. The molecule has 0 aliphatic carbocycles. The zero-order valence-corrected chi connectivity index (χ0v) is 17.6. The van der Waals surface area contributed by atoms with Crippen LogP contribution in [-0.2, 0) is 4.79 Å². The molecular weight excluding hydrogens is 402 g/mol. The summed E-state index contributed by atoms with van der Waals surface area (Å²) in [4.78, 5) is 48.7. The molecule has 2 aromatic carbocycles. The number of nitro groups is 1. The number of hydrogen-bond donors (Lipinski definition) is 1. The fraction of sp³-hybridized carbons (Fsp3) is 0.227. The van der Waals surface area contributed by atoms with Gasteiger partial charge in [-0.3, -0.25) is 14.9 Å². The Bertz CT molecular complexity index is 1020. The van der Waals surface area contributed by atoms with Gasteiger partial charge in [0.2, 0.25) is 0 Å². The number of carbonyl (C=O) groups excluding carboxylic acids is 3. The van der Waals surface area contributed by atoms with E-state index in [9.17, 15) is 24.5 Å². The molecule has 0 saturated heterocycles. The topological polar surface area (TPSA) is 119 Å². The summed E-state index contributed by atoms with van der Waals surface area (Å²) < 4.78 is 5.24. The maximum atomic E-state index is 12.8. The third-order valence-corrected chi connectivity index (χ3v) is 4.39. The number of nitrogens with zero attached hydrogens (tertiary/aromatic N) is 2. The van der Waals surface area contributed by atoms with E-state index in [0.717, 1.165) is 4.90 Å². The summed E-state index contributed by atoms with van der Waals surface area (Å²) in [5.41, 5.74) is 1.01. The Morgan fingerprint density at radius 2 is 1.65 bits per heavy atom. The highest BCUT2D eigenvalue weighted by Crippen LogP contribution is 2.34. The lowest BCUT2D eigenvalue weighted by Crippen LogP contribution is -2.51. The molecule has 0 fully saturated rings. The number of non-ortho nitro benzene ring substituents is 1. The molecule has 1 heterocycles. The first-order chi connectivity index (χ1) is 14.8. The van der Waals surface area contributed by atoms with Crippen molar-refractivity contribution >= 4 is 23.6 Å². The minimum atomic E-state index is -1.02. The van der Waals surface area contributed by atoms with E-state index in [1.54, 1.807) is 37.3 Å². The van der Waals surface area contributed by atoms with Gasteiger partial charge in [-0.15, -0.1) is 0 Å². The van der Waals surface area contributed by atoms with Crippen molar-refractivity contribution in [1.29, 1.82) is 0 Å². The molecule has 9 heteroatoms. The third kappa shape index (κ3) is 5.13. The zero-order valence-electron chi connectivity index (χ0n) is 17.6. The Kier molecular flexibility index (Phi) is 7.62. The number of nitro benzene ring substituents is 1. The highest BCUT2D eigenvalue weighted by molar-refractivity contribution is 6.02. The van der Waals surface area contributed by atoms with Crippen molar-refractivity contribution in [1.82, 2.24) is 10.2 Å². The van der Waals surface area contributed by atoms with Crippen molar-refractivity contribution < 1.29 is 24.0 Å². The minimum Gasteiger partial charge on any atom is -0.410 e. The second-order valence-corrected chi connectivity index (χ2v) is 6.33. The summed E-state index contributed by atoms with van der Waals surface area (Å²) in [5.74, 6) is -0.277. The number of imide groups is 1. The number of allylic oxidation sites excluding steroid dienone is 1. The van der Waals surface area contributed by atoms with E-state index in [2.05, 4.69) is 5.32 Å². The van der Waals surface area contributed by atoms with Crippen LogP contribution in [0.3, 0.4) is 0 Å². The van der Waals surface area contributed by atoms with Crippen LogP contribution in [0.15, 0.2) is 65.9 Å². The predicted molar refractivity (Wildman–Crippen MR) is 113 cm³/mol. The lowest BCUT2D eigenvalue weighted by Gasteiger charge is -2.35. The van der Waals surface area contributed by atoms with Gasteiger partial charge in [0.25, 0.3) is 5.69 Å². The van der Waals surface area contributed by atoms with E-state index in [-0.39, 0.29) is 22.8 Å². The van der Waals surface area contributed by atoms with Crippen LogP contribution in [0.2, 0.25) is 0 Å². The molecule has 1 N–H and O–H groups in total. The molecule has 9 nitrogen and oxygen atoms in total. The van der Waals surface area contributed by atoms with Crippen LogP contribution in [0.4, 0.5) is 15.3 Å². The van der Waals surface area contributed by atoms with Crippen molar-refractivity contribution in [2.75, 3.05) is 0 Å². The Balaban J connectivity index is 0.00000166. The van der Waals surface area contributed by atoms with Crippen molar-refractivity contribution in [3.8, 4) is 5.75 Å². The van der Waals surface area contributed by atoms with Crippen molar-refractivity contribution in [2.24, 2.45) is 0 Å². The van der Waals surface area contributed by atoms with Crippen LogP contribution in [0, 0.1) is 10.1 Å². The number of ketones is 1. The van der Waals surface area contributed by atoms with E-state index < -0.39 is 23.1 Å².